The SMILES string of the molecule is SC(S)CC1C=CSS1. The van der Waals surface area contributed by atoms with E-state index in [4.69, 9.17) is 0 Å². The second-order valence-electron chi connectivity index (χ2n) is 1.78. The van der Waals surface area contributed by atoms with Gasteiger partial charge in [0.25, 0.3) is 0 Å². The fraction of sp³-hybridized carbons (Fsp3) is 0.600. The van der Waals surface area contributed by atoms with Gasteiger partial charge in [-0.3, -0.25) is 0 Å². The summed E-state index contributed by atoms with van der Waals surface area (Å²) < 4.78 is 0.228. The first-order valence-corrected chi connectivity index (χ1v) is 5.95. The summed E-state index contributed by atoms with van der Waals surface area (Å²) >= 11 is 8.36. The quantitative estimate of drug-likeness (QED) is 0.396. The zero-order valence-corrected chi connectivity index (χ0v) is 8.15. The van der Waals surface area contributed by atoms with Crippen LogP contribution in [-0.4, -0.2) is 9.83 Å². The summed E-state index contributed by atoms with van der Waals surface area (Å²) in [5.74, 6) is 0. The molecule has 0 bridgehead atoms. The molecule has 4 heteroatoms. The van der Waals surface area contributed by atoms with E-state index in [9.17, 15) is 0 Å². The Bertz CT molecular complexity index is 110. The Morgan fingerprint density at radius 3 is 2.78 bits per heavy atom. The maximum atomic E-state index is 4.18. The molecule has 1 rings (SSSR count). The molecule has 0 saturated carbocycles. The number of rotatable bonds is 2. The van der Waals surface area contributed by atoms with Crippen LogP contribution in [0.2, 0.25) is 0 Å². The van der Waals surface area contributed by atoms with E-state index in [1.807, 2.05) is 10.8 Å². The van der Waals surface area contributed by atoms with Gasteiger partial charge in [-0.05, 0) is 11.8 Å². The molecule has 0 aromatic heterocycles. The van der Waals surface area contributed by atoms with E-state index in [0.717, 1.165) is 6.42 Å². The summed E-state index contributed by atoms with van der Waals surface area (Å²) in [5.41, 5.74) is 0. The molecule has 0 saturated heterocycles. The van der Waals surface area contributed by atoms with Gasteiger partial charge in [-0.2, -0.15) is 25.3 Å². The van der Waals surface area contributed by atoms with Crippen molar-refractivity contribution in [2.45, 2.75) is 16.3 Å². The van der Waals surface area contributed by atoms with Crippen molar-refractivity contribution in [2.75, 3.05) is 0 Å². The van der Waals surface area contributed by atoms with E-state index in [1.54, 1.807) is 10.8 Å². The summed E-state index contributed by atoms with van der Waals surface area (Å²) in [4.78, 5) is 0. The monoisotopic (exact) mass is 196 g/mol. The smallest absolute Gasteiger partial charge is 0.0456 e. The van der Waals surface area contributed by atoms with Crippen molar-refractivity contribution in [3.63, 3.8) is 0 Å². The molecule has 1 atom stereocenters. The van der Waals surface area contributed by atoms with E-state index in [1.165, 1.54) is 0 Å². The fourth-order valence-corrected chi connectivity index (χ4v) is 3.54. The minimum atomic E-state index is 0.228. The maximum absolute atomic E-state index is 4.18. The molecule has 0 aromatic carbocycles. The van der Waals surface area contributed by atoms with Crippen molar-refractivity contribution in [3.8, 4) is 0 Å². The third-order valence-electron chi connectivity index (χ3n) is 0.971. The van der Waals surface area contributed by atoms with Gasteiger partial charge >= 0.3 is 0 Å². The van der Waals surface area contributed by atoms with E-state index in [0.29, 0.717) is 5.25 Å². The summed E-state index contributed by atoms with van der Waals surface area (Å²) in [5, 5.41) is 2.76. The standard InChI is InChI=1S/C5H8S4/c6-5(7)3-4-1-2-8-9-4/h1-2,4-7H,3H2. The van der Waals surface area contributed by atoms with Gasteiger partial charge in [0.05, 0.1) is 0 Å². The van der Waals surface area contributed by atoms with E-state index >= 15 is 0 Å². The zero-order valence-electron chi connectivity index (χ0n) is 4.73. The third kappa shape index (κ3) is 3.16. The first-order chi connectivity index (χ1) is 4.29. The normalized spacial score (nSPS) is 25.9. The average molecular weight is 196 g/mol. The van der Waals surface area contributed by atoms with Crippen LogP contribution in [0.25, 0.3) is 0 Å². The first kappa shape index (κ1) is 8.24. The predicted octanol–water partition coefficient (Wildman–Crippen LogP) is 2.84. The van der Waals surface area contributed by atoms with Crippen molar-refractivity contribution in [3.05, 3.63) is 11.5 Å². The predicted molar refractivity (Wildman–Crippen MR) is 54.5 cm³/mol. The van der Waals surface area contributed by atoms with Crippen LogP contribution in [0.4, 0.5) is 0 Å². The molecule has 0 amide bonds. The highest BCUT2D eigenvalue weighted by Gasteiger charge is 2.12. The molecule has 0 spiro atoms. The van der Waals surface area contributed by atoms with Crippen LogP contribution in [0, 0.1) is 0 Å². The van der Waals surface area contributed by atoms with Gasteiger partial charge in [0, 0.05) is 9.83 Å². The fourth-order valence-electron chi connectivity index (χ4n) is 0.581. The molecule has 1 heterocycles. The van der Waals surface area contributed by atoms with Crippen molar-refractivity contribution in [1.82, 2.24) is 0 Å². The molecule has 0 aromatic rings. The van der Waals surface area contributed by atoms with Crippen molar-refractivity contribution in [1.29, 1.82) is 0 Å². The molecular formula is C5H8S4. The summed E-state index contributed by atoms with van der Waals surface area (Å²) in [6.07, 6.45) is 3.26. The maximum Gasteiger partial charge on any atom is 0.0456 e. The van der Waals surface area contributed by atoms with Crippen molar-refractivity contribution < 1.29 is 0 Å². The molecule has 9 heavy (non-hydrogen) atoms. The van der Waals surface area contributed by atoms with Crippen LogP contribution in [0.15, 0.2) is 11.5 Å². The summed E-state index contributed by atoms with van der Waals surface area (Å²) in [7, 11) is 3.67. The molecule has 1 aliphatic rings. The minimum absolute atomic E-state index is 0.228. The molecule has 0 N–H and O–H groups in total. The Kier molecular flexibility index (Phi) is 3.76. The lowest BCUT2D eigenvalue weighted by Crippen LogP contribution is -1.99. The number of hydrogen-bond donors (Lipinski definition) is 2. The highest BCUT2D eigenvalue weighted by atomic mass is 33.1. The van der Waals surface area contributed by atoms with Crippen LogP contribution in [0.1, 0.15) is 6.42 Å². The Morgan fingerprint density at radius 2 is 2.33 bits per heavy atom. The van der Waals surface area contributed by atoms with Gasteiger partial charge < -0.3 is 0 Å². The largest absolute Gasteiger partial charge is 0.165 e. The molecule has 1 unspecified atom stereocenters. The second kappa shape index (κ2) is 4.11. The Balaban J connectivity index is 2.20. The molecular weight excluding hydrogens is 188 g/mol. The van der Waals surface area contributed by atoms with Crippen LogP contribution in [0.5, 0.6) is 0 Å². The van der Waals surface area contributed by atoms with E-state index in [2.05, 4.69) is 36.7 Å². The van der Waals surface area contributed by atoms with Gasteiger partial charge in [-0.1, -0.05) is 27.7 Å². The highest BCUT2D eigenvalue weighted by molar-refractivity contribution is 8.78. The van der Waals surface area contributed by atoms with Gasteiger partial charge in [-0.15, -0.1) is 0 Å². The highest BCUT2D eigenvalue weighted by Crippen LogP contribution is 2.38. The molecule has 0 radical (unpaired) electrons. The Morgan fingerprint density at radius 1 is 1.56 bits per heavy atom. The van der Waals surface area contributed by atoms with Gasteiger partial charge in [-0.25, -0.2) is 0 Å². The van der Waals surface area contributed by atoms with E-state index < -0.39 is 0 Å². The van der Waals surface area contributed by atoms with Crippen molar-refractivity contribution in [2.24, 2.45) is 0 Å². The molecule has 0 aliphatic carbocycles. The lowest BCUT2D eigenvalue weighted by atomic mass is 10.3. The van der Waals surface area contributed by atoms with Crippen LogP contribution in [-0.2, 0) is 0 Å². The molecule has 52 valence electrons. The Labute approximate surface area is 74.5 Å². The lowest BCUT2D eigenvalue weighted by molar-refractivity contribution is 0.972. The van der Waals surface area contributed by atoms with E-state index in [-0.39, 0.29) is 4.58 Å². The number of hydrogen-bond acceptors (Lipinski definition) is 4. The molecule has 1 aliphatic heterocycles. The van der Waals surface area contributed by atoms with Crippen LogP contribution in [0.3, 0.4) is 0 Å². The number of thiol groups is 2. The first-order valence-electron chi connectivity index (χ1n) is 2.64. The summed E-state index contributed by atoms with van der Waals surface area (Å²) in [6.45, 7) is 0. The second-order valence-corrected chi connectivity index (χ2v) is 5.85. The minimum Gasteiger partial charge on any atom is -0.165 e. The van der Waals surface area contributed by atoms with Crippen LogP contribution < -0.4 is 0 Å². The van der Waals surface area contributed by atoms with Crippen LogP contribution >= 0.6 is 46.8 Å². The lowest BCUT2D eigenvalue weighted by Gasteiger charge is -2.06. The molecule has 0 nitrogen and oxygen atoms in total. The Hall–Kier alpha value is 1.14. The topological polar surface area (TPSA) is 0 Å². The molecule has 0 fully saturated rings. The third-order valence-corrected chi connectivity index (χ3v) is 3.78. The van der Waals surface area contributed by atoms with Crippen molar-refractivity contribution >= 4 is 46.8 Å². The zero-order chi connectivity index (χ0) is 6.69. The summed E-state index contributed by atoms with van der Waals surface area (Å²) in [6, 6.07) is 0. The van der Waals surface area contributed by atoms with Gasteiger partial charge in [0.2, 0.25) is 0 Å². The average Bonchev–Trinajstić information content (AvgIpc) is 2.15. The van der Waals surface area contributed by atoms with Gasteiger partial charge in [0.15, 0.2) is 0 Å². The van der Waals surface area contributed by atoms with Gasteiger partial charge in [0.1, 0.15) is 0 Å².